The van der Waals surface area contributed by atoms with Gasteiger partial charge in [0.15, 0.2) is 0 Å². The second kappa shape index (κ2) is 8.01. The van der Waals surface area contributed by atoms with E-state index in [2.05, 4.69) is 38.0 Å². The monoisotopic (exact) mass is 232 g/mol. The van der Waals surface area contributed by atoms with E-state index in [1.165, 1.54) is 0 Å². The minimum absolute atomic E-state index is 0.170. The Hall–Kier alpha value is -0.160. The molecule has 0 radical (unpaired) electrons. The zero-order chi connectivity index (χ0) is 12.6. The summed E-state index contributed by atoms with van der Waals surface area (Å²) in [4.78, 5) is 2.26. The fraction of sp³-hybridized carbons (Fsp3) is 1.00. The molecule has 0 bridgehead atoms. The number of likely N-dealkylation sites (N-methyl/N-ethyl adjacent to an activating group) is 2. The molecule has 0 amide bonds. The van der Waals surface area contributed by atoms with Crippen LogP contribution in [0, 0.1) is 0 Å². The second-order valence-electron chi connectivity index (χ2n) is 4.78. The van der Waals surface area contributed by atoms with E-state index in [4.69, 9.17) is 4.74 Å². The van der Waals surface area contributed by atoms with E-state index in [1.807, 2.05) is 0 Å². The molecular formula is C12H28N2O2. The van der Waals surface area contributed by atoms with Crippen LogP contribution in [0.4, 0.5) is 0 Å². The molecule has 2 atom stereocenters. The summed E-state index contributed by atoms with van der Waals surface area (Å²) in [6.07, 6.45) is 0.928. The topological polar surface area (TPSA) is 44.7 Å². The summed E-state index contributed by atoms with van der Waals surface area (Å²) in [7, 11) is 3.81. The van der Waals surface area contributed by atoms with E-state index in [1.54, 1.807) is 7.11 Å². The van der Waals surface area contributed by atoms with Gasteiger partial charge in [-0.25, -0.2) is 0 Å². The predicted octanol–water partition coefficient (Wildman–Crippen LogP) is 0.704. The third kappa shape index (κ3) is 5.80. The van der Waals surface area contributed by atoms with Crippen molar-refractivity contribution >= 4 is 0 Å². The number of hydrogen-bond donors (Lipinski definition) is 2. The van der Waals surface area contributed by atoms with Gasteiger partial charge >= 0.3 is 0 Å². The number of nitrogens with one attached hydrogen (secondary N) is 1. The van der Waals surface area contributed by atoms with Gasteiger partial charge in [-0.15, -0.1) is 0 Å². The molecule has 0 rings (SSSR count). The molecule has 0 aromatic carbocycles. The van der Waals surface area contributed by atoms with Crippen LogP contribution >= 0.6 is 0 Å². The summed E-state index contributed by atoms with van der Waals surface area (Å²) in [6, 6.07) is 0.423. The van der Waals surface area contributed by atoms with Crippen molar-refractivity contribution in [1.29, 1.82) is 0 Å². The SMILES string of the molecule is CCNC(C)(CO)CC(C)N(C)CCOC. The lowest BCUT2D eigenvalue weighted by molar-refractivity contribution is 0.105. The standard InChI is InChI=1S/C12H28N2O2/c1-6-13-12(3,10-15)9-11(2)14(4)7-8-16-5/h11,13,15H,6-10H2,1-5H3. The summed E-state index contributed by atoms with van der Waals surface area (Å²) in [5.74, 6) is 0. The van der Waals surface area contributed by atoms with Crippen LogP contribution < -0.4 is 5.32 Å². The van der Waals surface area contributed by atoms with E-state index in [0.717, 1.165) is 26.1 Å². The average Bonchev–Trinajstić information content (AvgIpc) is 2.26. The van der Waals surface area contributed by atoms with Crippen LogP contribution in [-0.2, 0) is 4.74 Å². The van der Waals surface area contributed by atoms with Crippen molar-refractivity contribution < 1.29 is 9.84 Å². The lowest BCUT2D eigenvalue weighted by atomic mass is 9.94. The minimum atomic E-state index is -0.185. The summed E-state index contributed by atoms with van der Waals surface area (Å²) >= 11 is 0. The van der Waals surface area contributed by atoms with E-state index in [-0.39, 0.29) is 12.1 Å². The maximum Gasteiger partial charge on any atom is 0.0611 e. The van der Waals surface area contributed by atoms with Crippen LogP contribution in [-0.4, -0.2) is 62.0 Å². The number of hydrogen-bond acceptors (Lipinski definition) is 4. The zero-order valence-corrected chi connectivity index (χ0v) is 11.4. The number of aliphatic hydroxyl groups excluding tert-OH is 1. The van der Waals surface area contributed by atoms with E-state index >= 15 is 0 Å². The van der Waals surface area contributed by atoms with Gasteiger partial charge in [0.2, 0.25) is 0 Å². The number of aliphatic hydroxyl groups is 1. The summed E-state index contributed by atoms with van der Waals surface area (Å²) < 4.78 is 5.06. The van der Waals surface area contributed by atoms with Gasteiger partial charge in [0.1, 0.15) is 0 Å². The average molecular weight is 232 g/mol. The van der Waals surface area contributed by atoms with Crippen molar-refractivity contribution in [3.63, 3.8) is 0 Å². The smallest absolute Gasteiger partial charge is 0.0611 e. The molecule has 0 aromatic heterocycles. The van der Waals surface area contributed by atoms with Crippen LogP contribution in [0.2, 0.25) is 0 Å². The highest BCUT2D eigenvalue weighted by molar-refractivity contribution is 4.86. The Bertz CT molecular complexity index is 178. The molecule has 4 nitrogen and oxygen atoms in total. The van der Waals surface area contributed by atoms with E-state index in [0.29, 0.717) is 6.04 Å². The van der Waals surface area contributed by atoms with Crippen LogP contribution in [0.15, 0.2) is 0 Å². The maximum atomic E-state index is 9.42. The molecular weight excluding hydrogens is 204 g/mol. The van der Waals surface area contributed by atoms with Gasteiger partial charge in [0, 0.05) is 25.2 Å². The Balaban J connectivity index is 4.12. The lowest BCUT2D eigenvalue weighted by Crippen LogP contribution is -2.50. The molecule has 98 valence electrons. The first-order valence-electron chi connectivity index (χ1n) is 6.04. The quantitative estimate of drug-likeness (QED) is 0.614. The predicted molar refractivity (Wildman–Crippen MR) is 67.8 cm³/mol. The van der Waals surface area contributed by atoms with E-state index in [9.17, 15) is 5.11 Å². The van der Waals surface area contributed by atoms with Gasteiger partial charge in [-0.05, 0) is 33.9 Å². The first-order chi connectivity index (χ1) is 7.49. The molecule has 0 heterocycles. The molecule has 4 heteroatoms. The summed E-state index contributed by atoms with van der Waals surface area (Å²) in [5.41, 5.74) is -0.185. The van der Waals surface area contributed by atoms with Crippen molar-refractivity contribution in [2.45, 2.75) is 38.8 Å². The minimum Gasteiger partial charge on any atom is -0.394 e. The van der Waals surface area contributed by atoms with Crippen molar-refractivity contribution in [1.82, 2.24) is 10.2 Å². The summed E-state index contributed by atoms with van der Waals surface area (Å²) in [6.45, 7) is 9.03. The molecule has 0 aromatic rings. The highest BCUT2D eigenvalue weighted by Gasteiger charge is 2.26. The zero-order valence-electron chi connectivity index (χ0n) is 11.4. The van der Waals surface area contributed by atoms with Crippen molar-refractivity contribution in [2.24, 2.45) is 0 Å². The molecule has 0 aliphatic rings. The Morgan fingerprint density at radius 1 is 1.50 bits per heavy atom. The Morgan fingerprint density at radius 3 is 2.56 bits per heavy atom. The normalized spacial score (nSPS) is 17.4. The van der Waals surface area contributed by atoms with Crippen molar-refractivity contribution in [2.75, 3.05) is 40.5 Å². The highest BCUT2D eigenvalue weighted by Crippen LogP contribution is 2.14. The molecule has 0 saturated heterocycles. The third-order valence-corrected chi connectivity index (χ3v) is 3.10. The Morgan fingerprint density at radius 2 is 2.12 bits per heavy atom. The molecule has 0 spiro atoms. The fourth-order valence-electron chi connectivity index (χ4n) is 1.88. The summed E-state index contributed by atoms with van der Waals surface area (Å²) in [5, 5.41) is 12.8. The van der Waals surface area contributed by atoms with Gasteiger partial charge in [-0.1, -0.05) is 6.92 Å². The number of rotatable bonds is 9. The number of methoxy groups -OCH3 is 1. The maximum absolute atomic E-state index is 9.42. The first-order valence-corrected chi connectivity index (χ1v) is 6.04. The molecule has 0 saturated carbocycles. The number of nitrogens with zero attached hydrogens (tertiary/aromatic N) is 1. The third-order valence-electron chi connectivity index (χ3n) is 3.10. The molecule has 16 heavy (non-hydrogen) atoms. The highest BCUT2D eigenvalue weighted by atomic mass is 16.5. The van der Waals surface area contributed by atoms with Crippen LogP contribution in [0.1, 0.15) is 27.2 Å². The lowest BCUT2D eigenvalue weighted by Gasteiger charge is -2.35. The second-order valence-corrected chi connectivity index (χ2v) is 4.78. The van der Waals surface area contributed by atoms with Gasteiger partial charge < -0.3 is 20.1 Å². The van der Waals surface area contributed by atoms with Crippen LogP contribution in [0.5, 0.6) is 0 Å². The van der Waals surface area contributed by atoms with Crippen molar-refractivity contribution in [3.05, 3.63) is 0 Å². The Kier molecular flexibility index (Phi) is 7.93. The van der Waals surface area contributed by atoms with E-state index < -0.39 is 0 Å². The number of ether oxygens (including phenoxy) is 1. The molecule has 0 fully saturated rings. The Labute approximate surface area is 100.0 Å². The van der Waals surface area contributed by atoms with Gasteiger partial charge in [0.25, 0.3) is 0 Å². The molecule has 2 unspecified atom stereocenters. The van der Waals surface area contributed by atoms with Crippen LogP contribution in [0.25, 0.3) is 0 Å². The first kappa shape index (κ1) is 15.8. The fourth-order valence-corrected chi connectivity index (χ4v) is 1.88. The van der Waals surface area contributed by atoms with Gasteiger partial charge in [-0.3, -0.25) is 0 Å². The van der Waals surface area contributed by atoms with Gasteiger partial charge in [0.05, 0.1) is 13.2 Å². The van der Waals surface area contributed by atoms with Crippen molar-refractivity contribution in [3.8, 4) is 0 Å². The largest absolute Gasteiger partial charge is 0.394 e. The molecule has 0 aliphatic heterocycles. The molecule has 2 N–H and O–H groups in total. The van der Waals surface area contributed by atoms with Gasteiger partial charge in [-0.2, -0.15) is 0 Å². The molecule has 0 aliphatic carbocycles. The van der Waals surface area contributed by atoms with Crippen LogP contribution in [0.3, 0.4) is 0 Å².